The van der Waals surface area contributed by atoms with Gasteiger partial charge in [0.15, 0.2) is 0 Å². The molecule has 0 rings (SSSR count). The minimum Gasteiger partial charge on any atom is -0.316 e. The number of likely N-dealkylation sites (N-methyl/N-ethyl adjacent to an activating group) is 1. The van der Waals surface area contributed by atoms with Gasteiger partial charge in [-0.2, -0.15) is 0 Å². The first-order valence-electron chi connectivity index (χ1n) is 3.97. The lowest BCUT2D eigenvalue weighted by Crippen LogP contribution is -2.08. The number of allylic oxidation sites excluding steroid dienone is 3. The van der Waals surface area contributed by atoms with Gasteiger partial charge >= 0.3 is 0 Å². The van der Waals surface area contributed by atoms with Crippen LogP contribution in [0, 0.1) is 0 Å². The molecule has 0 radical (unpaired) electrons. The van der Waals surface area contributed by atoms with E-state index in [0.29, 0.717) is 0 Å². The van der Waals surface area contributed by atoms with Gasteiger partial charge in [-0.1, -0.05) is 37.8 Å². The van der Waals surface area contributed by atoms with Gasteiger partial charge in [0.2, 0.25) is 0 Å². The molecule has 1 heteroatoms. The second-order valence-electron chi connectivity index (χ2n) is 2.32. The van der Waals surface area contributed by atoms with Crippen LogP contribution < -0.4 is 5.32 Å². The van der Waals surface area contributed by atoms with Crippen LogP contribution in [-0.4, -0.2) is 13.6 Å². The normalized spacial score (nSPS) is 12.4. The van der Waals surface area contributed by atoms with E-state index >= 15 is 0 Å². The Morgan fingerprint density at radius 1 is 1.55 bits per heavy atom. The van der Waals surface area contributed by atoms with Gasteiger partial charge < -0.3 is 5.32 Å². The predicted molar refractivity (Wildman–Crippen MR) is 51.6 cm³/mol. The summed E-state index contributed by atoms with van der Waals surface area (Å²) in [7, 11) is 1.94. The van der Waals surface area contributed by atoms with E-state index in [2.05, 4.69) is 31.0 Å². The third kappa shape index (κ3) is 5.62. The molecule has 0 saturated carbocycles. The molecule has 0 aromatic heterocycles. The molecule has 1 nitrogen and oxygen atoms in total. The summed E-state index contributed by atoms with van der Waals surface area (Å²) in [6, 6.07) is 0. The Bertz CT molecular complexity index is 154. The maximum atomic E-state index is 3.65. The van der Waals surface area contributed by atoms with E-state index in [9.17, 15) is 0 Å². The first-order valence-corrected chi connectivity index (χ1v) is 3.97. The highest BCUT2D eigenvalue weighted by molar-refractivity contribution is 5.24. The van der Waals surface area contributed by atoms with Crippen molar-refractivity contribution >= 4 is 0 Å². The molecule has 0 aliphatic carbocycles. The van der Waals surface area contributed by atoms with E-state index < -0.39 is 0 Å². The van der Waals surface area contributed by atoms with Crippen LogP contribution in [0.3, 0.4) is 0 Å². The molecule has 0 fully saturated rings. The third-order valence-corrected chi connectivity index (χ3v) is 1.28. The smallest absolute Gasteiger partial charge is 0.0202 e. The molecule has 0 unspecified atom stereocenters. The van der Waals surface area contributed by atoms with Crippen molar-refractivity contribution in [1.82, 2.24) is 5.32 Å². The molecule has 0 aromatic rings. The zero-order valence-corrected chi connectivity index (χ0v) is 7.43. The summed E-state index contributed by atoms with van der Waals surface area (Å²) in [6.07, 6.45) is 9.18. The summed E-state index contributed by atoms with van der Waals surface area (Å²) < 4.78 is 0. The van der Waals surface area contributed by atoms with Gasteiger partial charge in [0.25, 0.3) is 0 Å². The predicted octanol–water partition coefficient (Wildman–Crippen LogP) is 2.28. The van der Waals surface area contributed by atoms with Crippen molar-refractivity contribution in [3.63, 3.8) is 0 Å². The third-order valence-electron chi connectivity index (χ3n) is 1.28. The van der Waals surface area contributed by atoms with Crippen LogP contribution in [0.1, 0.15) is 13.3 Å². The number of hydrogen-bond acceptors (Lipinski definition) is 1. The monoisotopic (exact) mass is 151 g/mol. The van der Waals surface area contributed by atoms with Crippen molar-refractivity contribution < 1.29 is 0 Å². The molecule has 0 aliphatic rings. The Labute approximate surface area is 69.5 Å². The highest BCUT2D eigenvalue weighted by Crippen LogP contribution is 1.96. The molecular formula is C10H17N. The van der Waals surface area contributed by atoms with Crippen LogP contribution in [-0.2, 0) is 0 Å². The number of rotatable bonds is 5. The SMILES string of the molecule is C=C/C=C(\C=C/CC)CNC. The molecule has 0 spiro atoms. The number of hydrogen-bond donors (Lipinski definition) is 1. The Balaban J connectivity index is 3.98. The maximum absolute atomic E-state index is 3.65. The zero-order chi connectivity index (χ0) is 8.53. The minimum absolute atomic E-state index is 0.905. The van der Waals surface area contributed by atoms with Crippen LogP contribution in [0.5, 0.6) is 0 Å². The Kier molecular flexibility index (Phi) is 6.75. The molecule has 11 heavy (non-hydrogen) atoms. The van der Waals surface area contributed by atoms with E-state index in [0.717, 1.165) is 13.0 Å². The Hall–Kier alpha value is -0.820. The van der Waals surface area contributed by atoms with Crippen molar-refractivity contribution in [3.8, 4) is 0 Å². The van der Waals surface area contributed by atoms with Crippen molar-refractivity contribution in [3.05, 3.63) is 36.5 Å². The summed E-state index contributed by atoms with van der Waals surface area (Å²) >= 11 is 0. The van der Waals surface area contributed by atoms with E-state index in [1.54, 1.807) is 0 Å². The first-order chi connectivity index (χ1) is 5.35. The van der Waals surface area contributed by atoms with Crippen LogP contribution in [0.25, 0.3) is 0 Å². The summed E-state index contributed by atoms with van der Waals surface area (Å²) in [5, 5.41) is 3.09. The standard InChI is InChI=1S/C10H17N/c1-4-6-8-10(7-5-2)9-11-3/h5-8,11H,2,4,9H2,1,3H3/b8-6-,10-7+. The van der Waals surface area contributed by atoms with Gasteiger partial charge in [0.05, 0.1) is 0 Å². The fourth-order valence-electron chi connectivity index (χ4n) is 0.798. The fourth-order valence-corrected chi connectivity index (χ4v) is 0.798. The molecule has 0 saturated heterocycles. The lowest BCUT2D eigenvalue weighted by Gasteiger charge is -1.97. The second kappa shape index (κ2) is 7.29. The molecular weight excluding hydrogens is 134 g/mol. The molecule has 0 aromatic carbocycles. The van der Waals surface area contributed by atoms with E-state index in [1.165, 1.54) is 5.57 Å². The summed E-state index contributed by atoms with van der Waals surface area (Å²) in [5.41, 5.74) is 1.27. The van der Waals surface area contributed by atoms with E-state index in [-0.39, 0.29) is 0 Å². The topological polar surface area (TPSA) is 12.0 Å². The average molecular weight is 151 g/mol. The van der Waals surface area contributed by atoms with Gasteiger partial charge in [-0.3, -0.25) is 0 Å². The highest BCUT2D eigenvalue weighted by atomic mass is 14.8. The molecule has 0 heterocycles. The van der Waals surface area contributed by atoms with Gasteiger partial charge in [-0.25, -0.2) is 0 Å². The van der Waals surface area contributed by atoms with Gasteiger partial charge in [-0.05, 0) is 19.0 Å². The van der Waals surface area contributed by atoms with Crippen LogP contribution in [0.2, 0.25) is 0 Å². The largest absolute Gasteiger partial charge is 0.316 e. The second-order valence-corrected chi connectivity index (χ2v) is 2.32. The van der Waals surface area contributed by atoms with Crippen LogP contribution in [0.15, 0.2) is 36.5 Å². The van der Waals surface area contributed by atoms with Crippen LogP contribution >= 0.6 is 0 Å². The lowest BCUT2D eigenvalue weighted by molar-refractivity contribution is 0.894. The zero-order valence-electron chi connectivity index (χ0n) is 7.43. The van der Waals surface area contributed by atoms with Gasteiger partial charge in [0, 0.05) is 6.54 Å². The van der Waals surface area contributed by atoms with Crippen LogP contribution in [0.4, 0.5) is 0 Å². The van der Waals surface area contributed by atoms with Crippen molar-refractivity contribution in [2.45, 2.75) is 13.3 Å². The quantitative estimate of drug-likeness (QED) is 0.594. The summed E-state index contributed by atoms with van der Waals surface area (Å²) in [5.74, 6) is 0. The molecule has 0 aliphatic heterocycles. The summed E-state index contributed by atoms with van der Waals surface area (Å²) in [6.45, 7) is 6.68. The minimum atomic E-state index is 0.905. The van der Waals surface area contributed by atoms with Crippen molar-refractivity contribution in [2.75, 3.05) is 13.6 Å². The maximum Gasteiger partial charge on any atom is 0.0202 e. The Morgan fingerprint density at radius 2 is 2.27 bits per heavy atom. The molecule has 1 N–H and O–H groups in total. The van der Waals surface area contributed by atoms with Gasteiger partial charge in [-0.15, -0.1) is 0 Å². The number of nitrogens with one attached hydrogen (secondary N) is 1. The Morgan fingerprint density at radius 3 is 2.73 bits per heavy atom. The molecule has 0 bridgehead atoms. The van der Waals surface area contributed by atoms with Crippen molar-refractivity contribution in [2.24, 2.45) is 0 Å². The highest BCUT2D eigenvalue weighted by Gasteiger charge is 1.85. The van der Waals surface area contributed by atoms with Crippen molar-refractivity contribution in [1.29, 1.82) is 0 Å². The van der Waals surface area contributed by atoms with Gasteiger partial charge in [0.1, 0.15) is 0 Å². The van der Waals surface area contributed by atoms with E-state index in [4.69, 9.17) is 0 Å². The molecule has 0 amide bonds. The summed E-state index contributed by atoms with van der Waals surface area (Å²) in [4.78, 5) is 0. The fraction of sp³-hybridized carbons (Fsp3) is 0.400. The molecule has 0 atom stereocenters. The lowest BCUT2D eigenvalue weighted by atomic mass is 10.2. The molecule has 62 valence electrons. The first kappa shape index (κ1) is 10.2. The average Bonchev–Trinajstić information content (AvgIpc) is 2.01. The van der Waals surface area contributed by atoms with E-state index in [1.807, 2.05) is 19.2 Å².